The smallest absolute Gasteiger partial charge is 0.324 e. The maximum atomic E-state index is 10.9. The summed E-state index contributed by atoms with van der Waals surface area (Å²) in [5.74, 6) is 0.103. The van der Waals surface area contributed by atoms with E-state index in [9.17, 15) is 4.79 Å². The molecule has 0 atom stereocenters. The lowest BCUT2D eigenvalue weighted by molar-refractivity contribution is -0.151. The number of hydrogen-bond acceptors (Lipinski definition) is 3. The summed E-state index contributed by atoms with van der Waals surface area (Å²) in [7, 11) is -0.161. The van der Waals surface area contributed by atoms with Crippen molar-refractivity contribution >= 4 is 26.4 Å². The van der Waals surface area contributed by atoms with Crippen LogP contribution in [0.3, 0.4) is 0 Å². The lowest BCUT2D eigenvalue weighted by Crippen LogP contribution is -2.27. The molecule has 0 unspecified atom stereocenters. The molecule has 0 aromatic heterocycles. The van der Waals surface area contributed by atoms with Crippen LogP contribution < -0.4 is 0 Å². The largest absolute Gasteiger partial charge is 0.448 e. The number of amides is 1. The molecule has 0 saturated carbocycles. The van der Waals surface area contributed by atoms with Crippen LogP contribution >= 0.6 is 0 Å². The van der Waals surface area contributed by atoms with Crippen LogP contribution in [0.2, 0.25) is 0 Å². The van der Waals surface area contributed by atoms with Gasteiger partial charge in [-0.25, -0.2) is 5.06 Å². The molecule has 0 bridgehead atoms. The zero-order valence-electron chi connectivity index (χ0n) is 6.00. The fraction of sp³-hybridized carbons (Fsp3) is 0.750. The number of rotatable bonds is 3. The Morgan fingerprint density at radius 3 is 3.00 bits per heavy atom. The van der Waals surface area contributed by atoms with Crippen molar-refractivity contribution in [1.82, 2.24) is 5.06 Å². The van der Waals surface area contributed by atoms with E-state index in [2.05, 4.69) is 0 Å². The minimum absolute atomic E-state index is 0.103. The van der Waals surface area contributed by atoms with Crippen LogP contribution in [0.5, 0.6) is 0 Å². The Bertz CT molecular complexity index is 132. The second kappa shape index (κ2) is 3.86. The SMILES string of the molecule is O=C1CCCN1O[SiH2]O[SiH3]. The van der Waals surface area contributed by atoms with Gasteiger partial charge in [0.1, 0.15) is 10.5 Å². The van der Waals surface area contributed by atoms with Crippen molar-refractivity contribution in [3.05, 3.63) is 0 Å². The van der Waals surface area contributed by atoms with E-state index in [4.69, 9.17) is 8.64 Å². The second-order valence-electron chi connectivity index (χ2n) is 2.14. The molecule has 1 saturated heterocycles. The molecule has 6 heteroatoms. The second-order valence-corrected chi connectivity index (χ2v) is 4.94. The Balaban J connectivity index is 2.20. The minimum Gasteiger partial charge on any atom is -0.448 e. The predicted molar refractivity (Wildman–Crippen MR) is 41.6 cm³/mol. The van der Waals surface area contributed by atoms with Gasteiger partial charge in [-0.3, -0.25) is 9.32 Å². The van der Waals surface area contributed by atoms with E-state index < -0.39 is 10.0 Å². The Hall–Kier alpha value is -0.176. The van der Waals surface area contributed by atoms with E-state index in [0.29, 0.717) is 16.9 Å². The molecule has 4 nitrogen and oxygen atoms in total. The summed E-state index contributed by atoms with van der Waals surface area (Å²) >= 11 is 0. The zero-order valence-corrected chi connectivity index (χ0v) is 9.41. The maximum Gasteiger partial charge on any atom is 0.324 e. The molecule has 58 valence electrons. The van der Waals surface area contributed by atoms with Gasteiger partial charge in [0.15, 0.2) is 0 Å². The average Bonchev–Trinajstić information content (AvgIpc) is 2.31. The molecule has 0 aromatic rings. The van der Waals surface area contributed by atoms with E-state index in [0.717, 1.165) is 13.0 Å². The van der Waals surface area contributed by atoms with E-state index in [1.807, 2.05) is 0 Å². The van der Waals surface area contributed by atoms with Gasteiger partial charge in [0.25, 0.3) is 0 Å². The summed E-state index contributed by atoms with van der Waals surface area (Å²) in [6, 6.07) is 0. The Labute approximate surface area is 65.0 Å². The van der Waals surface area contributed by atoms with Gasteiger partial charge in [0, 0.05) is 13.0 Å². The molecule has 1 aliphatic rings. The van der Waals surface area contributed by atoms with E-state index >= 15 is 0 Å². The zero-order chi connectivity index (χ0) is 7.40. The highest BCUT2D eigenvalue weighted by molar-refractivity contribution is 6.27. The Kier molecular flexibility index (Phi) is 3.06. The van der Waals surface area contributed by atoms with E-state index in [-0.39, 0.29) is 5.91 Å². The summed E-state index contributed by atoms with van der Waals surface area (Å²) in [4.78, 5) is 10.9. The first-order valence-electron chi connectivity index (χ1n) is 3.27. The maximum absolute atomic E-state index is 10.9. The first kappa shape index (κ1) is 7.93. The summed E-state index contributed by atoms with van der Waals surface area (Å²) in [6.07, 6.45) is 1.56. The minimum atomic E-state index is -0.873. The highest BCUT2D eigenvalue weighted by Crippen LogP contribution is 2.08. The standard InChI is InChI=1S/C4H11NO3Si2/c6-4-2-1-3-5(4)7-10-8-9/h1-3,10H2,9H3. The van der Waals surface area contributed by atoms with Crippen LogP contribution in [-0.2, 0) is 13.4 Å². The molecule has 0 radical (unpaired) electrons. The van der Waals surface area contributed by atoms with Crippen molar-refractivity contribution in [2.24, 2.45) is 0 Å². The third-order valence-electron chi connectivity index (χ3n) is 1.36. The molecule has 1 fully saturated rings. The molecule has 1 heterocycles. The van der Waals surface area contributed by atoms with Crippen LogP contribution in [0, 0.1) is 0 Å². The van der Waals surface area contributed by atoms with Crippen molar-refractivity contribution in [2.75, 3.05) is 6.54 Å². The first-order valence-corrected chi connectivity index (χ1v) is 5.24. The molecule has 0 N–H and O–H groups in total. The lowest BCUT2D eigenvalue weighted by Gasteiger charge is -2.13. The topological polar surface area (TPSA) is 38.8 Å². The molecule has 0 aliphatic carbocycles. The summed E-state index contributed by atoms with van der Waals surface area (Å²) in [6.45, 7) is 0.747. The van der Waals surface area contributed by atoms with Crippen LogP contribution in [0.15, 0.2) is 0 Å². The van der Waals surface area contributed by atoms with E-state index in [1.165, 1.54) is 5.06 Å². The predicted octanol–water partition coefficient (Wildman–Crippen LogP) is -2.16. The summed E-state index contributed by atoms with van der Waals surface area (Å²) in [5.41, 5.74) is 0. The van der Waals surface area contributed by atoms with E-state index in [1.54, 1.807) is 0 Å². The van der Waals surface area contributed by atoms with Gasteiger partial charge < -0.3 is 4.12 Å². The first-order chi connectivity index (χ1) is 4.84. The van der Waals surface area contributed by atoms with Crippen molar-refractivity contribution < 1.29 is 13.4 Å². The molecule has 10 heavy (non-hydrogen) atoms. The van der Waals surface area contributed by atoms with Crippen molar-refractivity contribution in [3.8, 4) is 0 Å². The summed E-state index contributed by atoms with van der Waals surface area (Å²) < 4.78 is 10.0. The highest BCUT2D eigenvalue weighted by Gasteiger charge is 2.20. The molecule has 1 amide bonds. The Morgan fingerprint density at radius 2 is 2.50 bits per heavy atom. The van der Waals surface area contributed by atoms with Crippen molar-refractivity contribution in [2.45, 2.75) is 12.8 Å². The average molecular weight is 177 g/mol. The van der Waals surface area contributed by atoms with Crippen LogP contribution in [0.4, 0.5) is 0 Å². The van der Waals surface area contributed by atoms with Gasteiger partial charge >= 0.3 is 10.0 Å². The van der Waals surface area contributed by atoms with Crippen LogP contribution in [0.1, 0.15) is 12.8 Å². The third-order valence-corrected chi connectivity index (χ3v) is 2.72. The molecular formula is C4H11NO3Si2. The molecular weight excluding hydrogens is 166 g/mol. The monoisotopic (exact) mass is 177 g/mol. The van der Waals surface area contributed by atoms with Gasteiger partial charge in [-0.1, -0.05) is 0 Å². The Morgan fingerprint density at radius 1 is 1.70 bits per heavy atom. The molecule has 1 aliphatic heterocycles. The van der Waals surface area contributed by atoms with Crippen molar-refractivity contribution in [3.63, 3.8) is 0 Å². The van der Waals surface area contributed by atoms with Crippen molar-refractivity contribution in [1.29, 1.82) is 0 Å². The van der Waals surface area contributed by atoms with Gasteiger partial charge in [-0.2, -0.15) is 0 Å². The number of hydroxylamine groups is 2. The normalized spacial score (nSPS) is 20.0. The number of nitrogens with zero attached hydrogens (tertiary/aromatic N) is 1. The third kappa shape index (κ3) is 1.91. The van der Waals surface area contributed by atoms with Gasteiger partial charge in [0.05, 0.1) is 0 Å². The summed E-state index contributed by atoms with van der Waals surface area (Å²) in [5, 5.41) is 1.43. The molecule has 1 rings (SSSR count). The quantitative estimate of drug-likeness (QED) is 0.461. The number of carbonyl (C=O) groups is 1. The van der Waals surface area contributed by atoms with Gasteiger partial charge in [-0.05, 0) is 6.42 Å². The van der Waals surface area contributed by atoms with Crippen LogP contribution in [-0.4, -0.2) is 38.0 Å². The number of hydrogen-bond donors (Lipinski definition) is 0. The fourth-order valence-corrected chi connectivity index (χ4v) is 1.70. The fourth-order valence-electron chi connectivity index (χ4n) is 0.876. The number of carbonyl (C=O) groups excluding carboxylic acids is 1. The van der Waals surface area contributed by atoms with Crippen LogP contribution in [0.25, 0.3) is 0 Å². The lowest BCUT2D eigenvalue weighted by atomic mass is 10.4. The van der Waals surface area contributed by atoms with Gasteiger partial charge in [-0.15, -0.1) is 0 Å². The molecule has 0 aromatic carbocycles. The van der Waals surface area contributed by atoms with Gasteiger partial charge in [0.2, 0.25) is 5.91 Å². The molecule has 0 spiro atoms. The highest BCUT2D eigenvalue weighted by atomic mass is 28.3.